The second kappa shape index (κ2) is 8.49. The average Bonchev–Trinajstić information content (AvgIpc) is 2.53. The maximum Gasteiger partial charge on any atom is 0.352 e. The molecule has 124 valence electrons. The third-order valence-corrected chi connectivity index (χ3v) is 3.71. The first-order valence-corrected chi connectivity index (χ1v) is 8.22. The van der Waals surface area contributed by atoms with Crippen LogP contribution in [0.15, 0.2) is 54.2 Å². The summed E-state index contributed by atoms with van der Waals surface area (Å²) in [6.45, 7) is 1.63. The number of carbonyl (C=O) groups excluding carboxylic acids is 1. The molecule has 2 N–H and O–H groups in total. The van der Waals surface area contributed by atoms with Crippen LogP contribution in [0.5, 0.6) is 5.75 Å². The van der Waals surface area contributed by atoms with Gasteiger partial charge in [0.1, 0.15) is 18.1 Å². The lowest BCUT2D eigenvalue weighted by molar-refractivity contribution is -0.134. The Morgan fingerprint density at radius 2 is 1.96 bits per heavy atom. The largest absolute Gasteiger partial charge is 0.488 e. The Morgan fingerprint density at radius 3 is 2.62 bits per heavy atom. The molecular formula is C18H16INO4. The van der Waals surface area contributed by atoms with E-state index in [0.717, 1.165) is 9.13 Å². The van der Waals surface area contributed by atoms with Crippen LogP contribution in [0.3, 0.4) is 0 Å². The van der Waals surface area contributed by atoms with Gasteiger partial charge in [-0.1, -0.05) is 30.3 Å². The molecule has 0 aliphatic heterocycles. The molecule has 5 nitrogen and oxygen atoms in total. The van der Waals surface area contributed by atoms with Gasteiger partial charge in [-0.05, 0) is 52.4 Å². The van der Waals surface area contributed by atoms with Gasteiger partial charge in [0.15, 0.2) is 0 Å². The summed E-state index contributed by atoms with van der Waals surface area (Å²) in [5.74, 6) is -1.11. The fraction of sp³-hybridized carbons (Fsp3) is 0.111. The lowest BCUT2D eigenvalue weighted by atomic mass is 10.1. The van der Waals surface area contributed by atoms with Crippen molar-refractivity contribution in [2.75, 3.05) is 0 Å². The van der Waals surface area contributed by atoms with E-state index < -0.39 is 11.9 Å². The predicted molar refractivity (Wildman–Crippen MR) is 99.4 cm³/mol. The normalized spacial score (nSPS) is 11.0. The zero-order chi connectivity index (χ0) is 17.5. The first-order valence-electron chi connectivity index (χ1n) is 7.14. The van der Waals surface area contributed by atoms with E-state index in [1.165, 1.54) is 13.0 Å². The van der Waals surface area contributed by atoms with Gasteiger partial charge in [0.05, 0.1) is 0 Å². The molecule has 0 atom stereocenters. The minimum atomic E-state index is -1.21. The van der Waals surface area contributed by atoms with Crippen LogP contribution >= 0.6 is 22.6 Å². The van der Waals surface area contributed by atoms with Crippen LogP contribution in [0.25, 0.3) is 6.08 Å². The molecule has 0 spiro atoms. The van der Waals surface area contributed by atoms with Crippen molar-refractivity contribution in [2.45, 2.75) is 13.5 Å². The highest BCUT2D eigenvalue weighted by Gasteiger charge is 2.11. The molecule has 0 aromatic heterocycles. The Kier molecular flexibility index (Phi) is 6.36. The maximum absolute atomic E-state index is 11.2. The first kappa shape index (κ1) is 18.0. The van der Waals surface area contributed by atoms with Crippen molar-refractivity contribution >= 4 is 40.5 Å². The molecule has 2 aromatic carbocycles. The summed E-state index contributed by atoms with van der Waals surface area (Å²) in [5, 5.41) is 11.5. The molecule has 0 aliphatic carbocycles. The van der Waals surface area contributed by atoms with Crippen molar-refractivity contribution < 1.29 is 19.4 Å². The highest BCUT2D eigenvalue weighted by atomic mass is 127. The minimum absolute atomic E-state index is 0.201. The number of amides is 1. The summed E-state index contributed by atoms with van der Waals surface area (Å²) in [5.41, 5.74) is 1.39. The Morgan fingerprint density at radius 1 is 1.21 bits per heavy atom. The van der Waals surface area contributed by atoms with Crippen molar-refractivity contribution in [2.24, 2.45) is 0 Å². The van der Waals surface area contributed by atoms with Gasteiger partial charge in [-0.25, -0.2) is 4.79 Å². The number of ether oxygens (including phenoxy) is 1. The lowest BCUT2D eigenvalue weighted by Gasteiger charge is -2.10. The van der Waals surface area contributed by atoms with Crippen LogP contribution in [0.2, 0.25) is 0 Å². The van der Waals surface area contributed by atoms with E-state index in [2.05, 4.69) is 27.9 Å². The third kappa shape index (κ3) is 5.38. The van der Waals surface area contributed by atoms with E-state index in [4.69, 9.17) is 4.74 Å². The monoisotopic (exact) mass is 437 g/mol. The number of carboxylic acid groups (broad SMARTS) is 1. The SMILES string of the molecule is CC(=O)N/C(=C/c1ccccc1OCc1cccc(I)c1)C(=O)O. The summed E-state index contributed by atoms with van der Waals surface area (Å²) >= 11 is 2.23. The number of hydrogen-bond donors (Lipinski definition) is 2. The van der Waals surface area contributed by atoms with E-state index in [0.29, 0.717) is 17.9 Å². The zero-order valence-corrected chi connectivity index (χ0v) is 15.1. The topological polar surface area (TPSA) is 75.6 Å². The van der Waals surface area contributed by atoms with Crippen LogP contribution in [-0.4, -0.2) is 17.0 Å². The highest BCUT2D eigenvalue weighted by molar-refractivity contribution is 14.1. The molecular weight excluding hydrogens is 421 g/mol. The number of aliphatic carboxylic acids is 1. The average molecular weight is 437 g/mol. The molecule has 0 heterocycles. The maximum atomic E-state index is 11.2. The van der Waals surface area contributed by atoms with Gasteiger partial charge in [0.25, 0.3) is 0 Å². The lowest BCUT2D eigenvalue weighted by Crippen LogP contribution is -2.24. The van der Waals surface area contributed by atoms with E-state index >= 15 is 0 Å². The molecule has 0 saturated heterocycles. The molecule has 0 aliphatic rings. The van der Waals surface area contributed by atoms with Gasteiger partial charge in [-0.2, -0.15) is 0 Å². The third-order valence-electron chi connectivity index (χ3n) is 3.04. The van der Waals surface area contributed by atoms with Gasteiger partial charge in [-0.15, -0.1) is 0 Å². The molecule has 1 amide bonds. The number of para-hydroxylation sites is 1. The molecule has 0 saturated carbocycles. The van der Waals surface area contributed by atoms with E-state index in [9.17, 15) is 14.7 Å². The number of carbonyl (C=O) groups is 2. The van der Waals surface area contributed by atoms with Gasteiger partial charge in [-0.3, -0.25) is 4.79 Å². The van der Waals surface area contributed by atoms with E-state index in [-0.39, 0.29) is 5.70 Å². The molecule has 0 fully saturated rings. The van der Waals surface area contributed by atoms with Crippen LogP contribution in [0, 0.1) is 3.57 Å². The standard InChI is InChI=1S/C18H16INO4/c1-12(21)20-16(18(22)23)10-14-6-2-3-8-17(14)24-11-13-5-4-7-15(19)9-13/h2-10H,11H2,1H3,(H,20,21)(H,22,23)/b16-10+. The number of hydrogen-bond acceptors (Lipinski definition) is 3. The van der Waals surface area contributed by atoms with Crippen molar-refractivity contribution in [1.29, 1.82) is 0 Å². The van der Waals surface area contributed by atoms with Crippen LogP contribution in [-0.2, 0) is 16.2 Å². The number of nitrogens with one attached hydrogen (secondary N) is 1. The smallest absolute Gasteiger partial charge is 0.352 e. The Hall–Kier alpha value is -2.35. The summed E-state index contributed by atoms with van der Waals surface area (Å²) in [6, 6.07) is 15.0. The Bertz CT molecular complexity index is 786. The van der Waals surface area contributed by atoms with Crippen molar-refractivity contribution in [3.05, 3.63) is 68.9 Å². The van der Waals surface area contributed by atoms with Crippen LogP contribution in [0.4, 0.5) is 0 Å². The second-order valence-corrected chi connectivity index (χ2v) is 6.25. The highest BCUT2D eigenvalue weighted by Crippen LogP contribution is 2.22. The molecule has 0 radical (unpaired) electrons. The summed E-state index contributed by atoms with van der Waals surface area (Å²) < 4.78 is 6.92. The van der Waals surface area contributed by atoms with Gasteiger partial charge < -0.3 is 15.2 Å². The van der Waals surface area contributed by atoms with Crippen LogP contribution < -0.4 is 10.1 Å². The van der Waals surface area contributed by atoms with Crippen molar-refractivity contribution in [3.8, 4) is 5.75 Å². The predicted octanol–water partition coefficient (Wildman–Crippen LogP) is 3.43. The van der Waals surface area contributed by atoms with E-state index in [1.807, 2.05) is 24.3 Å². The molecule has 6 heteroatoms. The fourth-order valence-corrected chi connectivity index (χ4v) is 2.62. The number of rotatable bonds is 6. The molecule has 2 rings (SSSR count). The summed E-state index contributed by atoms with van der Waals surface area (Å²) in [7, 11) is 0. The number of halogens is 1. The fourth-order valence-electron chi connectivity index (χ4n) is 2.02. The number of carboxylic acids is 1. The van der Waals surface area contributed by atoms with Gasteiger partial charge >= 0.3 is 5.97 Å². The zero-order valence-electron chi connectivity index (χ0n) is 13.0. The van der Waals surface area contributed by atoms with Gasteiger partial charge in [0.2, 0.25) is 5.91 Å². The van der Waals surface area contributed by atoms with E-state index in [1.54, 1.807) is 24.3 Å². The van der Waals surface area contributed by atoms with Crippen molar-refractivity contribution in [3.63, 3.8) is 0 Å². The Labute approximate surface area is 153 Å². The molecule has 0 bridgehead atoms. The quantitative estimate of drug-likeness (QED) is 0.537. The first-order chi connectivity index (χ1) is 11.5. The second-order valence-electron chi connectivity index (χ2n) is 5.00. The summed E-state index contributed by atoms with van der Waals surface area (Å²) in [4.78, 5) is 22.4. The molecule has 24 heavy (non-hydrogen) atoms. The molecule has 2 aromatic rings. The van der Waals surface area contributed by atoms with Crippen LogP contribution in [0.1, 0.15) is 18.1 Å². The number of benzene rings is 2. The minimum Gasteiger partial charge on any atom is -0.488 e. The Balaban J connectivity index is 2.23. The summed E-state index contributed by atoms with van der Waals surface area (Å²) in [6.07, 6.45) is 1.38. The van der Waals surface area contributed by atoms with Gasteiger partial charge in [0, 0.05) is 16.1 Å². The molecule has 0 unspecified atom stereocenters. The van der Waals surface area contributed by atoms with Crippen molar-refractivity contribution in [1.82, 2.24) is 5.32 Å².